The smallest absolute Gasteiger partial charge is 0.0807 e. The molecule has 1 saturated carbocycles. The van der Waals surface area contributed by atoms with Crippen molar-refractivity contribution in [2.24, 2.45) is 9.98 Å². The van der Waals surface area contributed by atoms with Crippen LogP contribution in [0, 0.1) is 0 Å². The lowest BCUT2D eigenvalue weighted by Gasteiger charge is -2.25. The Bertz CT molecular complexity index is 565. The van der Waals surface area contributed by atoms with Gasteiger partial charge in [-0.2, -0.15) is 0 Å². The van der Waals surface area contributed by atoms with Crippen LogP contribution >= 0.6 is 0 Å². The third-order valence-electron chi connectivity index (χ3n) is 3.87. The molecule has 3 rings (SSSR count). The van der Waals surface area contributed by atoms with Crippen molar-refractivity contribution in [1.29, 1.82) is 0 Å². The van der Waals surface area contributed by atoms with E-state index in [1.54, 1.807) is 12.4 Å². The average molecular weight is 292 g/mol. The van der Waals surface area contributed by atoms with Gasteiger partial charge in [-0.25, -0.2) is 0 Å². The van der Waals surface area contributed by atoms with Gasteiger partial charge in [-0.15, -0.1) is 0 Å². The molecule has 1 fully saturated rings. The van der Waals surface area contributed by atoms with Gasteiger partial charge in [0.15, 0.2) is 0 Å². The maximum Gasteiger partial charge on any atom is 0.0807 e. The summed E-state index contributed by atoms with van der Waals surface area (Å²) >= 11 is 0. The van der Waals surface area contributed by atoms with Gasteiger partial charge in [0.05, 0.1) is 23.5 Å². The van der Waals surface area contributed by atoms with Gasteiger partial charge in [0.25, 0.3) is 0 Å². The third kappa shape index (κ3) is 4.07. The molecule has 0 unspecified atom stereocenters. The maximum absolute atomic E-state index is 4.73. The van der Waals surface area contributed by atoms with E-state index in [-0.39, 0.29) is 12.1 Å². The Labute approximate surface area is 131 Å². The number of hydrogen-bond donors (Lipinski definition) is 0. The average Bonchev–Trinajstić information content (AvgIpc) is 2.61. The molecule has 2 heterocycles. The lowest BCUT2D eigenvalue weighted by molar-refractivity contribution is 0.390. The topological polar surface area (TPSA) is 50.5 Å². The van der Waals surface area contributed by atoms with Crippen molar-refractivity contribution in [3.63, 3.8) is 0 Å². The molecular weight excluding hydrogens is 272 g/mol. The van der Waals surface area contributed by atoms with E-state index in [0.717, 1.165) is 24.2 Å². The second-order valence-electron chi connectivity index (χ2n) is 5.48. The fourth-order valence-corrected chi connectivity index (χ4v) is 2.69. The lowest BCUT2D eigenvalue weighted by Crippen LogP contribution is -2.27. The van der Waals surface area contributed by atoms with Crippen LogP contribution in [0.25, 0.3) is 0 Å². The zero-order valence-corrected chi connectivity index (χ0v) is 12.5. The van der Waals surface area contributed by atoms with Gasteiger partial charge in [-0.1, -0.05) is 25.0 Å². The molecule has 0 radical (unpaired) electrons. The minimum absolute atomic E-state index is 0.246. The predicted octanol–water partition coefficient (Wildman–Crippen LogP) is 3.33. The summed E-state index contributed by atoms with van der Waals surface area (Å²) in [5.41, 5.74) is 1.81. The number of hydrogen-bond acceptors (Lipinski definition) is 4. The molecule has 22 heavy (non-hydrogen) atoms. The molecular formula is C18H20N4. The normalized spacial score (nSPS) is 22.4. The Morgan fingerprint density at radius 2 is 1.27 bits per heavy atom. The van der Waals surface area contributed by atoms with Crippen molar-refractivity contribution in [3.8, 4) is 0 Å². The van der Waals surface area contributed by atoms with Crippen molar-refractivity contribution in [2.45, 2.75) is 37.8 Å². The molecule has 0 aromatic carbocycles. The minimum atomic E-state index is 0.246. The highest BCUT2D eigenvalue weighted by atomic mass is 14.9. The van der Waals surface area contributed by atoms with Crippen molar-refractivity contribution in [3.05, 3.63) is 60.2 Å². The summed E-state index contributed by atoms with van der Waals surface area (Å²) in [4.78, 5) is 18.0. The molecule has 4 heteroatoms. The van der Waals surface area contributed by atoms with Gasteiger partial charge in [-0.05, 0) is 37.1 Å². The molecule has 1 aliphatic rings. The van der Waals surface area contributed by atoms with Crippen LogP contribution < -0.4 is 0 Å². The first-order valence-corrected chi connectivity index (χ1v) is 7.80. The van der Waals surface area contributed by atoms with Crippen LogP contribution in [-0.4, -0.2) is 34.5 Å². The van der Waals surface area contributed by atoms with Crippen LogP contribution in [0.1, 0.15) is 37.1 Å². The quantitative estimate of drug-likeness (QED) is 0.812. The van der Waals surface area contributed by atoms with Gasteiger partial charge in [0.1, 0.15) is 0 Å². The maximum atomic E-state index is 4.73. The van der Waals surface area contributed by atoms with E-state index in [9.17, 15) is 0 Å². The van der Waals surface area contributed by atoms with E-state index in [1.165, 1.54) is 12.8 Å². The zero-order chi connectivity index (χ0) is 15.0. The summed E-state index contributed by atoms with van der Waals surface area (Å²) in [7, 11) is 0. The van der Waals surface area contributed by atoms with Crippen molar-refractivity contribution >= 4 is 12.4 Å². The Morgan fingerprint density at radius 1 is 0.773 bits per heavy atom. The van der Waals surface area contributed by atoms with Crippen molar-refractivity contribution in [1.82, 2.24) is 9.97 Å². The van der Waals surface area contributed by atoms with E-state index < -0.39 is 0 Å². The summed E-state index contributed by atoms with van der Waals surface area (Å²) in [5.74, 6) is 0. The fourth-order valence-electron chi connectivity index (χ4n) is 2.69. The number of rotatable bonds is 4. The number of pyridine rings is 2. The molecule has 112 valence electrons. The largest absolute Gasteiger partial charge is 0.285 e. The van der Waals surface area contributed by atoms with Gasteiger partial charge in [0.2, 0.25) is 0 Å². The van der Waals surface area contributed by atoms with Gasteiger partial charge < -0.3 is 0 Å². The Kier molecular flexibility index (Phi) is 5.03. The summed E-state index contributed by atoms with van der Waals surface area (Å²) in [6.45, 7) is 0. The standard InChI is InChI=1S/C18H20N4/c1-2-10-18(22-14-16-8-4-6-12-20-16)17(9-1)21-13-15-7-3-5-11-19-15/h3-8,11-14,17-18H,1-2,9-10H2/t17-,18-/m1/s1. The first kappa shape index (κ1) is 14.6. The molecule has 1 aliphatic carbocycles. The molecule has 4 nitrogen and oxygen atoms in total. The molecule has 0 aliphatic heterocycles. The van der Waals surface area contributed by atoms with Crippen LogP contribution in [0.2, 0.25) is 0 Å². The molecule has 0 amide bonds. The van der Waals surface area contributed by atoms with Crippen LogP contribution in [0.15, 0.2) is 58.8 Å². The van der Waals surface area contributed by atoms with Crippen molar-refractivity contribution in [2.75, 3.05) is 0 Å². The molecule has 0 N–H and O–H groups in total. The Balaban J connectivity index is 1.69. The van der Waals surface area contributed by atoms with Crippen LogP contribution in [-0.2, 0) is 0 Å². The van der Waals surface area contributed by atoms with E-state index in [1.807, 2.05) is 48.8 Å². The molecule has 0 bridgehead atoms. The SMILES string of the molecule is C(=N[C@@H]1CCCC[C@H]1N=Cc1ccccn1)c1ccccn1. The second-order valence-corrected chi connectivity index (χ2v) is 5.48. The zero-order valence-electron chi connectivity index (χ0n) is 12.5. The van der Waals surface area contributed by atoms with E-state index in [4.69, 9.17) is 9.98 Å². The monoisotopic (exact) mass is 292 g/mol. The number of aliphatic imine (C=N–C) groups is 2. The molecule has 0 spiro atoms. The summed E-state index contributed by atoms with van der Waals surface area (Å²) in [6.07, 6.45) is 12.0. The predicted molar refractivity (Wildman–Crippen MR) is 89.7 cm³/mol. The fraction of sp³-hybridized carbons (Fsp3) is 0.333. The van der Waals surface area contributed by atoms with Crippen LogP contribution in [0.4, 0.5) is 0 Å². The van der Waals surface area contributed by atoms with Crippen molar-refractivity contribution < 1.29 is 0 Å². The second kappa shape index (κ2) is 7.59. The van der Waals surface area contributed by atoms with Gasteiger partial charge in [-0.3, -0.25) is 20.0 Å². The number of nitrogens with zero attached hydrogens (tertiary/aromatic N) is 4. The Hall–Kier alpha value is -2.36. The van der Waals surface area contributed by atoms with Crippen LogP contribution in [0.3, 0.4) is 0 Å². The first-order chi connectivity index (χ1) is 10.9. The summed E-state index contributed by atoms with van der Waals surface area (Å²) in [5, 5.41) is 0. The highest BCUT2D eigenvalue weighted by Crippen LogP contribution is 2.23. The Morgan fingerprint density at radius 3 is 1.68 bits per heavy atom. The molecule has 2 aromatic heterocycles. The minimum Gasteiger partial charge on any atom is -0.285 e. The molecule has 2 atom stereocenters. The van der Waals surface area contributed by atoms with E-state index in [2.05, 4.69) is 9.97 Å². The molecule has 2 aromatic rings. The highest BCUT2D eigenvalue weighted by Gasteiger charge is 2.23. The van der Waals surface area contributed by atoms with E-state index in [0.29, 0.717) is 0 Å². The van der Waals surface area contributed by atoms with Crippen LogP contribution in [0.5, 0.6) is 0 Å². The number of aromatic nitrogens is 2. The van der Waals surface area contributed by atoms with E-state index >= 15 is 0 Å². The van der Waals surface area contributed by atoms with Gasteiger partial charge in [0, 0.05) is 24.8 Å². The summed E-state index contributed by atoms with van der Waals surface area (Å²) < 4.78 is 0. The lowest BCUT2D eigenvalue weighted by atomic mass is 9.91. The highest BCUT2D eigenvalue weighted by molar-refractivity contribution is 5.77. The van der Waals surface area contributed by atoms with Gasteiger partial charge >= 0.3 is 0 Å². The first-order valence-electron chi connectivity index (χ1n) is 7.80. The summed E-state index contributed by atoms with van der Waals surface area (Å²) in [6, 6.07) is 12.2. The molecule has 0 saturated heterocycles. The third-order valence-corrected chi connectivity index (χ3v) is 3.87.